The quantitative estimate of drug-likeness (QED) is 0.852. The zero-order valence-corrected chi connectivity index (χ0v) is 9.34. The van der Waals surface area contributed by atoms with E-state index in [1.54, 1.807) is 0 Å². The molecule has 0 radical (unpaired) electrons. The van der Waals surface area contributed by atoms with E-state index in [9.17, 15) is 0 Å². The highest BCUT2D eigenvalue weighted by atomic mass is 79.9. The Morgan fingerprint density at radius 1 is 1.38 bits per heavy atom. The van der Waals surface area contributed by atoms with Crippen LogP contribution in [0.25, 0.3) is 0 Å². The summed E-state index contributed by atoms with van der Waals surface area (Å²) >= 11 is 3.45. The fourth-order valence-electron chi connectivity index (χ4n) is 1.02. The smallest absolute Gasteiger partial charge is 0.0271 e. The van der Waals surface area contributed by atoms with Crippen molar-refractivity contribution in [1.82, 2.24) is 5.32 Å². The molecule has 0 heterocycles. The van der Waals surface area contributed by atoms with Crippen LogP contribution in [0.1, 0.15) is 12.5 Å². The Morgan fingerprint density at radius 2 is 2.08 bits per heavy atom. The van der Waals surface area contributed by atoms with Crippen molar-refractivity contribution < 1.29 is 0 Å². The molecule has 2 heteroatoms. The highest BCUT2D eigenvalue weighted by Crippen LogP contribution is 2.02. The largest absolute Gasteiger partial charge is 0.308 e. The summed E-state index contributed by atoms with van der Waals surface area (Å²) in [4.78, 5) is 0. The van der Waals surface area contributed by atoms with Gasteiger partial charge in [0.2, 0.25) is 0 Å². The number of benzene rings is 1. The van der Waals surface area contributed by atoms with Gasteiger partial charge in [-0.15, -0.1) is 0 Å². The summed E-state index contributed by atoms with van der Waals surface area (Å²) in [5.41, 5.74) is 1.32. The van der Waals surface area contributed by atoms with Crippen molar-refractivity contribution in [1.29, 1.82) is 0 Å². The van der Waals surface area contributed by atoms with Gasteiger partial charge >= 0.3 is 0 Å². The second-order valence-corrected chi connectivity index (χ2v) is 3.84. The second-order valence-electron chi connectivity index (χ2n) is 2.82. The first-order chi connectivity index (χ1) is 6.33. The maximum Gasteiger partial charge on any atom is 0.0271 e. The molecule has 1 aromatic carbocycles. The summed E-state index contributed by atoms with van der Waals surface area (Å²) in [5, 5.41) is 3.34. The van der Waals surface area contributed by atoms with Crippen LogP contribution >= 0.6 is 15.9 Å². The van der Waals surface area contributed by atoms with Gasteiger partial charge in [-0.1, -0.05) is 52.3 Å². The number of hydrogen-bond donors (Lipinski definition) is 1. The molecular weight excluding hydrogens is 226 g/mol. The summed E-state index contributed by atoms with van der Waals surface area (Å²) in [5.74, 6) is 0. The standard InChI is InChI=1S/C11H14BrN/c1-2-11(12)9-13-8-10-6-4-3-5-7-10/h2-7,13H,8-9H2,1H3/b11-2+. The second kappa shape index (κ2) is 5.95. The van der Waals surface area contributed by atoms with Crippen LogP contribution in [-0.4, -0.2) is 6.54 Å². The first-order valence-electron chi connectivity index (χ1n) is 4.38. The average molecular weight is 240 g/mol. The maximum atomic E-state index is 3.45. The number of halogens is 1. The predicted molar refractivity (Wildman–Crippen MR) is 60.8 cm³/mol. The lowest BCUT2D eigenvalue weighted by Gasteiger charge is -2.03. The number of hydrogen-bond acceptors (Lipinski definition) is 1. The van der Waals surface area contributed by atoms with Gasteiger partial charge in [0.05, 0.1) is 0 Å². The van der Waals surface area contributed by atoms with E-state index in [4.69, 9.17) is 0 Å². The minimum atomic E-state index is 0.894. The van der Waals surface area contributed by atoms with Gasteiger partial charge in [-0.2, -0.15) is 0 Å². The molecule has 0 bridgehead atoms. The van der Waals surface area contributed by atoms with Gasteiger partial charge in [-0.3, -0.25) is 0 Å². The minimum absolute atomic E-state index is 0.894. The van der Waals surface area contributed by atoms with Gasteiger partial charge in [-0.25, -0.2) is 0 Å². The van der Waals surface area contributed by atoms with E-state index in [0.29, 0.717) is 0 Å². The van der Waals surface area contributed by atoms with Crippen LogP contribution in [0.15, 0.2) is 40.9 Å². The van der Waals surface area contributed by atoms with E-state index in [2.05, 4.69) is 51.6 Å². The maximum absolute atomic E-state index is 3.45. The van der Waals surface area contributed by atoms with E-state index in [0.717, 1.165) is 13.1 Å². The lowest BCUT2D eigenvalue weighted by molar-refractivity contribution is 0.756. The minimum Gasteiger partial charge on any atom is -0.308 e. The predicted octanol–water partition coefficient (Wildman–Crippen LogP) is 3.07. The molecule has 1 rings (SSSR count). The first kappa shape index (κ1) is 10.5. The average Bonchev–Trinajstić information content (AvgIpc) is 2.19. The van der Waals surface area contributed by atoms with Crippen molar-refractivity contribution in [3.63, 3.8) is 0 Å². The third kappa shape index (κ3) is 4.25. The molecule has 0 fully saturated rings. The van der Waals surface area contributed by atoms with Crippen molar-refractivity contribution in [3.05, 3.63) is 46.5 Å². The fourth-order valence-corrected chi connectivity index (χ4v) is 1.22. The molecule has 0 atom stereocenters. The highest BCUT2D eigenvalue weighted by molar-refractivity contribution is 9.11. The van der Waals surface area contributed by atoms with Crippen LogP contribution in [0.3, 0.4) is 0 Å². The molecule has 1 N–H and O–H groups in total. The monoisotopic (exact) mass is 239 g/mol. The zero-order chi connectivity index (χ0) is 9.52. The third-order valence-corrected chi connectivity index (χ3v) is 2.52. The first-order valence-corrected chi connectivity index (χ1v) is 5.17. The molecule has 0 amide bonds. The van der Waals surface area contributed by atoms with E-state index < -0.39 is 0 Å². The van der Waals surface area contributed by atoms with E-state index in [1.165, 1.54) is 10.0 Å². The summed E-state index contributed by atoms with van der Waals surface area (Å²) in [6, 6.07) is 10.4. The van der Waals surface area contributed by atoms with Crippen molar-refractivity contribution in [2.45, 2.75) is 13.5 Å². The molecule has 0 aromatic heterocycles. The van der Waals surface area contributed by atoms with Crippen LogP contribution in [-0.2, 0) is 6.54 Å². The Balaban J connectivity index is 2.28. The van der Waals surface area contributed by atoms with Gasteiger partial charge in [0.15, 0.2) is 0 Å². The fraction of sp³-hybridized carbons (Fsp3) is 0.273. The van der Waals surface area contributed by atoms with Crippen LogP contribution in [0.5, 0.6) is 0 Å². The molecule has 0 aliphatic rings. The molecule has 0 aliphatic heterocycles. The summed E-state index contributed by atoms with van der Waals surface area (Å²) in [6.07, 6.45) is 2.05. The molecule has 70 valence electrons. The summed E-state index contributed by atoms with van der Waals surface area (Å²) in [7, 11) is 0. The Morgan fingerprint density at radius 3 is 2.69 bits per heavy atom. The van der Waals surface area contributed by atoms with Crippen molar-refractivity contribution >= 4 is 15.9 Å². The molecule has 1 nitrogen and oxygen atoms in total. The van der Waals surface area contributed by atoms with Crippen LogP contribution in [0, 0.1) is 0 Å². The van der Waals surface area contributed by atoms with Gasteiger partial charge in [-0.05, 0) is 12.5 Å². The molecule has 0 spiro atoms. The molecule has 13 heavy (non-hydrogen) atoms. The molecular formula is C11H14BrN. The normalized spacial score (nSPS) is 11.7. The highest BCUT2D eigenvalue weighted by Gasteiger charge is 1.91. The van der Waals surface area contributed by atoms with Gasteiger partial charge in [0, 0.05) is 17.6 Å². The number of rotatable bonds is 4. The SMILES string of the molecule is C/C=C(/Br)CNCc1ccccc1. The van der Waals surface area contributed by atoms with E-state index in [1.807, 2.05) is 13.0 Å². The van der Waals surface area contributed by atoms with Crippen molar-refractivity contribution in [3.8, 4) is 0 Å². The van der Waals surface area contributed by atoms with Gasteiger partial charge in [0.25, 0.3) is 0 Å². The molecule has 1 aromatic rings. The number of allylic oxidation sites excluding steroid dienone is 1. The number of nitrogens with one attached hydrogen (secondary N) is 1. The third-order valence-electron chi connectivity index (χ3n) is 1.78. The lowest BCUT2D eigenvalue weighted by Crippen LogP contribution is -2.14. The molecule has 0 saturated heterocycles. The molecule has 0 aliphatic carbocycles. The Hall–Kier alpha value is -0.600. The van der Waals surface area contributed by atoms with Crippen LogP contribution in [0.4, 0.5) is 0 Å². The Kier molecular flexibility index (Phi) is 4.79. The molecule has 0 saturated carbocycles. The summed E-state index contributed by atoms with van der Waals surface area (Å²) in [6.45, 7) is 3.84. The lowest BCUT2D eigenvalue weighted by atomic mass is 10.2. The molecule has 0 unspecified atom stereocenters. The van der Waals surface area contributed by atoms with Crippen molar-refractivity contribution in [2.75, 3.05) is 6.54 Å². The van der Waals surface area contributed by atoms with E-state index in [-0.39, 0.29) is 0 Å². The Labute approximate surface area is 88.0 Å². The van der Waals surface area contributed by atoms with Crippen LogP contribution in [0.2, 0.25) is 0 Å². The van der Waals surface area contributed by atoms with Gasteiger partial charge in [0.1, 0.15) is 0 Å². The zero-order valence-electron chi connectivity index (χ0n) is 7.76. The van der Waals surface area contributed by atoms with Crippen molar-refractivity contribution in [2.24, 2.45) is 0 Å². The van der Waals surface area contributed by atoms with Gasteiger partial charge < -0.3 is 5.32 Å². The van der Waals surface area contributed by atoms with E-state index >= 15 is 0 Å². The summed E-state index contributed by atoms with van der Waals surface area (Å²) < 4.78 is 1.20. The topological polar surface area (TPSA) is 12.0 Å². The Bertz CT molecular complexity index is 267. The van der Waals surface area contributed by atoms with Crippen LogP contribution < -0.4 is 5.32 Å².